The lowest BCUT2D eigenvalue weighted by Crippen LogP contribution is -2.28. The van der Waals surface area contributed by atoms with Crippen molar-refractivity contribution in [1.82, 2.24) is 5.32 Å². The van der Waals surface area contributed by atoms with Gasteiger partial charge in [-0.1, -0.05) is 11.6 Å². The number of hydrogen-bond acceptors (Lipinski definition) is 7. The zero-order valence-corrected chi connectivity index (χ0v) is 20.5. The lowest BCUT2D eigenvalue weighted by molar-refractivity contribution is -0.120. The van der Waals surface area contributed by atoms with Crippen molar-refractivity contribution in [1.29, 1.82) is 0 Å². The van der Waals surface area contributed by atoms with E-state index in [0.717, 1.165) is 15.6 Å². The molecule has 1 aliphatic rings. The Kier molecular flexibility index (Phi) is 7.41. The number of carbonyl (C=O) groups excluding carboxylic acids is 1. The summed E-state index contributed by atoms with van der Waals surface area (Å²) in [6.45, 7) is 0.534. The van der Waals surface area contributed by atoms with Crippen LogP contribution in [0.5, 0.6) is 11.5 Å². The van der Waals surface area contributed by atoms with Gasteiger partial charge in [0, 0.05) is 22.0 Å². The Morgan fingerprint density at radius 1 is 1.15 bits per heavy atom. The fourth-order valence-electron chi connectivity index (χ4n) is 3.54. The molecule has 7 nitrogen and oxygen atoms in total. The highest BCUT2D eigenvalue weighted by molar-refractivity contribution is 7.55. The monoisotopic (exact) mass is 507 g/mol. The molecule has 1 aromatic heterocycles. The van der Waals surface area contributed by atoms with Gasteiger partial charge in [0.2, 0.25) is 5.91 Å². The standard InChI is InChI=1S/C23H23ClNO6PS/c1-28-17-10-15(11-18(13-17)29-2)6-7-25-23(26)22(32(27)30-8-3-9-31-32)20-14-33-21-5-4-16(24)12-19(20)21/h4-7,10-14,22H,3,8-9H2,1-2H3,(H,25,26)/b7-6+. The summed E-state index contributed by atoms with van der Waals surface area (Å²) in [6, 6.07) is 10.8. The fourth-order valence-corrected chi connectivity index (χ4v) is 6.84. The number of rotatable bonds is 7. The minimum absolute atomic E-state index is 0.267. The van der Waals surface area contributed by atoms with Gasteiger partial charge in [0.05, 0.1) is 27.4 Å². The third-order valence-electron chi connectivity index (χ3n) is 5.13. The van der Waals surface area contributed by atoms with Crippen LogP contribution in [-0.4, -0.2) is 33.3 Å². The smallest absolute Gasteiger partial charge is 0.347 e. The van der Waals surface area contributed by atoms with Crippen LogP contribution in [0.3, 0.4) is 0 Å². The molecule has 1 aliphatic heterocycles. The van der Waals surface area contributed by atoms with E-state index in [4.69, 9.17) is 30.1 Å². The number of methoxy groups -OCH3 is 2. The van der Waals surface area contributed by atoms with Crippen LogP contribution in [0.4, 0.5) is 0 Å². The number of hydrogen-bond donors (Lipinski definition) is 1. The Balaban J connectivity index is 1.65. The number of fused-ring (bicyclic) bond motifs is 1. The summed E-state index contributed by atoms with van der Waals surface area (Å²) in [4.78, 5) is 13.3. The van der Waals surface area contributed by atoms with E-state index in [-0.39, 0.29) is 13.2 Å². The Hall–Kier alpha value is -2.35. The van der Waals surface area contributed by atoms with Gasteiger partial charge in [-0.15, -0.1) is 11.3 Å². The minimum Gasteiger partial charge on any atom is -0.497 e. The molecule has 174 valence electrons. The number of thiophene rings is 1. The van der Waals surface area contributed by atoms with Crippen LogP contribution in [0.1, 0.15) is 23.2 Å². The lowest BCUT2D eigenvalue weighted by Gasteiger charge is -2.29. The molecule has 2 heterocycles. The molecule has 1 saturated heterocycles. The molecule has 0 saturated carbocycles. The molecule has 1 amide bonds. The van der Waals surface area contributed by atoms with Crippen molar-refractivity contribution in [3.8, 4) is 11.5 Å². The SMILES string of the molecule is COc1cc(/C=C/NC(=O)C(c2csc3ccc(Cl)cc23)P2(=O)OCCCO2)cc(OC)c1. The van der Waals surface area contributed by atoms with Gasteiger partial charge in [0.1, 0.15) is 11.5 Å². The number of ether oxygens (including phenoxy) is 2. The lowest BCUT2D eigenvalue weighted by atomic mass is 10.1. The van der Waals surface area contributed by atoms with Gasteiger partial charge < -0.3 is 23.8 Å². The van der Waals surface area contributed by atoms with Crippen molar-refractivity contribution in [2.24, 2.45) is 0 Å². The number of amides is 1. The van der Waals surface area contributed by atoms with Crippen LogP contribution >= 0.6 is 30.5 Å². The zero-order chi connectivity index (χ0) is 23.4. The van der Waals surface area contributed by atoms with Crippen molar-refractivity contribution >= 4 is 52.6 Å². The van der Waals surface area contributed by atoms with Crippen molar-refractivity contribution in [3.05, 3.63) is 64.1 Å². The molecule has 0 radical (unpaired) electrons. The second kappa shape index (κ2) is 10.3. The molecule has 1 N–H and O–H groups in total. The maximum Gasteiger partial charge on any atom is 0.347 e. The molecule has 0 spiro atoms. The van der Waals surface area contributed by atoms with Gasteiger partial charge >= 0.3 is 7.60 Å². The normalized spacial score (nSPS) is 16.6. The summed E-state index contributed by atoms with van der Waals surface area (Å²) in [5.41, 5.74) is 0.193. The van der Waals surface area contributed by atoms with E-state index in [1.165, 1.54) is 17.5 Å². The largest absolute Gasteiger partial charge is 0.497 e. The average Bonchev–Trinajstić information content (AvgIpc) is 3.21. The molecule has 1 atom stereocenters. The van der Waals surface area contributed by atoms with E-state index in [1.54, 1.807) is 50.6 Å². The summed E-state index contributed by atoms with van der Waals surface area (Å²) < 4.78 is 36.2. The number of carbonyl (C=O) groups is 1. The molecule has 4 rings (SSSR count). The average molecular weight is 508 g/mol. The molecule has 10 heteroatoms. The van der Waals surface area contributed by atoms with Gasteiger partial charge in [-0.05, 0) is 64.7 Å². The summed E-state index contributed by atoms with van der Waals surface area (Å²) in [7, 11) is -0.622. The second-order valence-electron chi connectivity index (χ2n) is 7.28. The van der Waals surface area contributed by atoms with Gasteiger partial charge in [-0.3, -0.25) is 9.36 Å². The highest BCUT2D eigenvalue weighted by Crippen LogP contribution is 2.63. The Morgan fingerprint density at radius 3 is 2.52 bits per heavy atom. The first kappa shape index (κ1) is 23.8. The maximum absolute atomic E-state index is 13.6. The second-order valence-corrected chi connectivity index (χ2v) is 10.7. The quantitative estimate of drug-likeness (QED) is 0.393. The highest BCUT2D eigenvalue weighted by Gasteiger charge is 2.45. The minimum atomic E-state index is -3.75. The molecular formula is C23H23ClNO6PS. The zero-order valence-electron chi connectivity index (χ0n) is 18.1. The first-order chi connectivity index (χ1) is 15.9. The van der Waals surface area contributed by atoms with E-state index in [2.05, 4.69) is 5.32 Å². The first-order valence-electron chi connectivity index (χ1n) is 10.2. The highest BCUT2D eigenvalue weighted by atomic mass is 35.5. The number of benzene rings is 2. The molecule has 2 aromatic carbocycles. The molecule has 1 fully saturated rings. The molecule has 0 aliphatic carbocycles. The van der Waals surface area contributed by atoms with Gasteiger partial charge in [-0.2, -0.15) is 0 Å². The Bertz CT molecular complexity index is 1210. The van der Waals surface area contributed by atoms with Crippen molar-refractivity contribution in [2.75, 3.05) is 27.4 Å². The van der Waals surface area contributed by atoms with Crippen molar-refractivity contribution in [3.63, 3.8) is 0 Å². The van der Waals surface area contributed by atoms with E-state index in [1.807, 2.05) is 11.4 Å². The number of halogens is 1. The Morgan fingerprint density at radius 2 is 1.85 bits per heavy atom. The fraction of sp³-hybridized carbons (Fsp3) is 0.261. The van der Waals surface area contributed by atoms with Crippen molar-refractivity contribution in [2.45, 2.75) is 12.1 Å². The third kappa shape index (κ3) is 5.26. The Labute approximate surface area is 200 Å². The first-order valence-corrected chi connectivity index (χ1v) is 13.1. The third-order valence-corrected chi connectivity index (χ3v) is 8.58. The van der Waals surface area contributed by atoms with E-state index < -0.39 is 19.2 Å². The number of nitrogens with one attached hydrogen (secondary N) is 1. The molecule has 1 unspecified atom stereocenters. The summed E-state index contributed by atoms with van der Waals surface area (Å²) in [5.74, 6) is 0.743. The predicted molar refractivity (Wildman–Crippen MR) is 130 cm³/mol. The molecular weight excluding hydrogens is 485 g/mol. The van der Waals surface area contributed by atoms with E-state index in [0.29, 0.717) is 28.5 Å². The topological polar surface area (TPSA) is 83.1 Å². The van der Waals surface area contributed by atoms with Crippen LogP contribution in [0.2, 0.25) is 5.02 Å². The molecule has 0 bridgehead atoms. The molecule has 3 aromatic rings. The summed E-state index contributed by atoms with van der Waals surface area (Å²) in [6.07, 6.45) is 3.80. The maximum atomic E-state index is 13.6. The predicted octanol–water partition coefficient (Wildman–Crippen LogP) is 6.03. The van der Waals surface area contributed by atoms with Gasteiger partial charge in [-0.25, -0.2) is 0 Å². The van der Waals surface area contributed by atoms with Crippen LogP contribution < -0.4 is 14.8 Å². The van der Waals surface area contributed by atoms with Crippen LogP contribution in [0, 0.1) is 0 Å². The van der Waals surface area contributed by atoms with Gasteiger partial charge in [0.25, 0.3) is 0 Å². The van der Waals surface area contributed by atoms with Gasteiger partial charge in [0.15, 0.2) is 5.66 Å². The van der Waals surface area contributed by atoms with Crippen LogP contribution in [0.25, 0.3) is 16.2 Å². The van der Waals surface area contributed by atoms with E-state index in [9.17, 15) is 9.36 Å². The summed E-state index contributed by atoms with van der Waals surface area (Å²) in [5, 5.41) is 5.82. The van der Waals surface area contributed by atoms with Crippen LogP contribution in [0.15, 0.2) is 48.0 Å². The molecule has 33 heavy (non-hydrogen) atoms. The summed E-state index contributed by atoms with van der Waals surface area (Å²) >= 11 is 7.64. The van der Waals surface area contributed by atoms with Crippen LogP contribution in [-0.2, 0) is 18.4 Å². The van der Waals surface area contributed by atoms with Crippen molar-refractivity contribution < 1.29 is 27.9 Å². The van der Waals surface area contributed by atoms with E-state index >= 15 is 0 Å².